The fourth-order valence-electron chi connectivity index (χ4n) is 3.83. The van der Waals surface area contributed by atoms with Gasteiger partial charge in [0.15, 0.2) is 0 Å². The van der Waals surface area contributed by atoms with E-state index in [9.17, 15) is 4.79 Å². The highest BCUT2D eigenvalue weighted by Gasteiger charge is 2.27. The minimum absolute atomic E-state index is 0.122. The number of anilines is 1. The third-order valence-corrected chi connectivity index (χ3v) is 5.72. The van der Waals surface area contributed by atoms with Crippen molar-refractivity contribution in [1.82, 2.24) is 15.1 Å². The van der Waals surface area contributed by atoms with Crippen molar-refractivity contribution in [3.8, 4) is 5.69 Å². The lowest BCUT2D eigenvalue weighted by molar-refractivity contribution is 0.102. The molecule has 1 fully saturated rings. The summed E-state index contributed by atoms with van der Waals surface area (Å²) in [6.07, 6.45) is 4.61. The van der Waals surface area contributed by atoms with Gasteiger partial charge in [0.25, 0.3) is 5.91 Å². The van der Waals surface area contributed by atoms with E-state index in [1.165, 1.54) is 5.56 Å². The Morgan fingerprint density at radius 1 is 1.14 bits per heavy atom. The van der Waals surface area contributed by atoms with Crippen LogP contribution in [-0.4, -0.2) is 28.8 Å². The highest BCUT2D eigenvalue weighted by Crippen LogP contribution is 2.31. The molecule has 0 radical (unpaired) electrons. The molecule has 0 saturated carbocycles. The molecule has 150 valence electrons. The SMILES string of the molecule is CCc1ccc(NC(=O)c2cnn(-c3ccc(Cl)cc3)c2C2CCNCC2)cc1. The van der Waals surface area contributed by atoms with Gasteiger partial charge in [-0.25, -0.2) is 4.68 Å². The van der Waals surface area contributed by atoms with Crippen LogP contribution in [0.5, 0.6) is 0 Å². The van der Waals surface area contributed by atoms with Crippen LogP contribution >= 0.6 is 11.6 Å². The molecule has 0 unspecified atom stereocenters. The lowest BCUT2D eigenvalue weighted by Gasteiger charge is -2.24. The molecular formula is C23H25ClN4O. The number of halogens is 1. The number of amides is 1. The number of carbonyl (C=O) groups is 1. The molecule has 2 aromatic carbocycles. The van der Waals surface area contributed by atoms with Gasteiger partial charge in [-0.05, 0) is 74.3 Å². The zero-order valence-electron chi connectivity index (χ0n) is 16.5. The number of aryl methyl sites for hydroxylation is 1. The Morgan fingerprint density at radius 2 is 1.83 bits per heavy atom. The number of piperidine rings is 1. The van der Waals surface area contributed by atoms with E-state index in [0.29, 0.717) is 10.6 Å². The Morgan fingerprint density at radius 3 is 2.48 bits per heavy atom. The Bertz CT molecular complexity index is 973. The molecule has 5 nitrogen and oxygen atoms in total. The average Bonchev–Trinajstić information content (AvgIpc) is 3.21. The van der Waals surface area contributed by atoms with Gasteiger partial charge in [-0.1, -0.05) is 30.7 Å². The van der Waals surface area contributed by atoms with Crippen molar-refractivity contribution in [3.63, 3.8) is 0 Å². The van der Waals surface area contributed by atoms with E-state index in [1.54, 1.807) is 6.20 Å². The molecule has 1 aliphatic rings. The van der Waals surface area contributed by atoms with Gasteiger partial charge in [-0.2, -0.15) is 5.10 Å². The molecule has 1 aliphatic heterocycles. The molecule has 0 spiro atoms. The van der Waals surface area contributed by atoms with Crippen LogP contribution in [0.25, 0.3) is 5.69 Å². The van der Waals surface area contributed by atoms with E-state index < -0.39 is 0 Å². The largest absolute Gasteiger partial charge is 0.322 e. The maximum absolute atomic E-state index is 13.1. The summed E-state index contributed by atoms with van der Waals surface area (Å²) in [6, 6.07) is 15.5. The Labute approximate surface area is 176 Å². The molecule has 1 saturated heterocycles. The first-order chi connectivity index (χ1) is 14.2. The van der Waals surface area contributed by atoms with Crippen LogP contribution in [0.2, 0.25) is 5.02 Å². The number of nitrogens with zero attached hydrogens (tertiary/aromatic N) is 2. The van der Waals surface area contributed by atoms with Crippen LogP contribution in [0.1, 0.15) is 47.3 Å². The first-order valence-electron chi connectivity index (χ1n) is 10.1. The van der Waals surface area contributed by atoms with Crippen LogP contribution in [0.3, 0.4) is 0 Å². The zero-order chi connectivity index (χ0) is 20.2. The van der Waals surface area contributed by atoms with Gasteiger partial charge in [0.2, 0.25) is 0 Å². The number of aromatic nitrogens is 2. The van der Waals surface area contributed by atoms with E-state index in [2.05, 4.69) is 22.7 Å². The van der Waals surface area contributed by atoms with Crippen LogP contribution in [0, 0.1) is 0 Å². The van der Waals surface area contributed by atoms with Crippen molar-refractivity contribution in [2.24, 2.45) is 0 Å². The molecule has 6 heteroatoms. The monoisotopic (exact) mass is 408 g/mol. The number of nitrogens with one attached hydrogen (secondary N) is 2. The lowest BCUT2D eigenvalue weighted by atomic mass is 9.91. The second-order valence-electron chi connectivity index (χ2n) is 7.36. The van der Waals surface area contributed by atoms with Crippen molar-refractivity contribution >= 4 is 23.2 Å². The van der Waals surface area contributed by atoms with Gasteiger partial charge < -0.3 is 10.6 Å². The van der Waals surface area contributed by atoms with Gasteiger partial charge >= 0.3 is 0 Å². The Kier molecular flexibility index (Phi) is 5.97. The lowest BCUT2D eigenvalue weighted by Crippen LogP contribution is -2.29. The third kappa shape index (κ3) is 4.36. The summed E-state index contributed by atoms with van der Waals surface area (Å²) in [4.78, 5) is 13.1. The molecule has 0 bridgehead atoms. The van der Waals surface area contributed by atoms with Crippen molar-refractivity contribution in [1.29, 1.82) is 0 Å². The molecule has 4 rings (SSSR count). The maximum Gasteiger partial charge on any atom is 0.259 e. The highest BCUT2D eigenvalue weighted by atomic mass is 35.5. The van der Waals surface area contributed by atoms with E-state index in [1.807, 2.05) is 53.2 Å². The molecule has 1 amide bonds. The first-order valence-corrected chi connectivity index (χ1v) is 10.5. The Hall–Kier alpha value is -2.63. The third-order valence-electron chi connectivity index (χ3n) is 5.47. The van der Waals surface area contributed by atoms with E-state index in [-0.39, 0.29) is 11.8 Å². The minimum atomic E-state index is -0.122. The van der Waals surface area contributed by atoms with Crippen molar-refractivity contribution in [3.05, 3.63) is 76.6 Å². The molecule has 0 atom stereocenters. The summed E-state index contributed by atoms with van der Waals surface area (Å²) in [5.41, 5.74) is 4.55. The second-order valence-corrected chi connectivity index (χ2v) is 7.80. The quantitative estimate of drug-likeness (QED) is 0.637. The summed E-state index contributed by atoms with van der Waals surface area (Å²) in [6.45, 7) is 4.00. The maximum atomic E-state index is 13.1. The Balaban J connectivity index is 1.67. The van der Waals surface area contributed by atoms with Crippen LogP contribution in [0.15, 0.2) is 54.7 Å². The number of rotatable bonds is 5. The molecule has 29 heavy (non-hydrogen) atoms. The number of carbonyl (C=O) groups excluding carboxylic acids is 1. The van der Waals surface area contributed by atoms with Gasteiger partial charge in [0.1, 0.15) is 0 Å². The van der Waals surface area contributed by atoms with E-state index in [0.717, 1.165) is 49.4 Å². The molecule has 0 aliphatic carbocycles. The van der Waals surface area contributed by atoms with Crippen molar-refractivity contribution in [2.75, 3.05) is 18.4 Å². The topological polar surface area (TPSA) is 59.0 Å². The first kappa shape index (κ1) is 19.7. The molecule has 2 heterocycles. The smallest absolute Gasteiger partial charge is 0.259 e. The van der Waals surface area contributed by atoms with Crippen LogP contribution in [0.4, 0.5) is 5.69 Å². The summed E-state index contributed by atoms with van der Waals surface area (Å²) < 4.78 is 1.89. The van der Waals surface area contributed by atoms with Gasteiger partial charge in [-0.3, -0.25) is 4.79 Å². The van der Waals surface area contributed by atoms with Crippen LogP contribution in [-0.2, 0) is 6.42 Å². The number of hydrogen-bond acceptors (Lipinski definition) is 3. The average molecular weight is 409 g/mol. The predicted molar refractivity (Wildman–Crippen MR) is 117 cm³/mol. The zero-order valence-corrected chi connectivity index (χ0v) is 17.2. The van der Waals surface area contributed by atoms with Crippen molar-refractivity contribution in [2.45, 2.75) is 32.1 Å². The second kappa shape index (κ2) is 8.80. The highest BCUT2D eigenvalue weighted by molar-refractivity contribution is 6.30. The number of benzene rings is 2. The summed E-state index contributed by atoms with van der Waals surface area (Å²) in [5, 5.41) is 11.7. The fourth-order valence-corrected chi connectivity index (χ4v) is 3.96. The summed E-state index contributed by atoms with van der Waals surface area (Å²) >= 11 is 6.05. The van der Waals surface area contributed by atoms with E-state index in [4.69, 9.17) is 11.6 Å². The molecular weight excluding hydrogens is 384 g/mol. The fraction of sp³-hybridized carbons (Fsp3) is 0.304. The minimum Gasteiger partial charge on any atom is -0.322 e. The molecule has 2 N–H and O–H groups in total. The predicted octanol–water partition coefficient (Wildman–Crippen LogP) is 4.81. The normalized spacial score (nSPS) is 14.7. The molecule has 1 aromatic heterocycles. The number of hydrogen-bond donors (Lipinski definition) is 2. The summed E-state index contributed by atoms with van der Waals surface area (Å²) in [5.74, 6) is 0.153. The standard InChI is InChI=1S/C23H25ClN4O/c1-2-16-3-7-19(8-4-16)27-23(29)21-15-26-28(20-9-5-18(24)6-10-20)22(21)17-11-13-25-14-12-17/h3-10,15,17,25H,2,11-14H2,1H3,(H,27,29). The van der Waals surface area contributed by atoms with Gasteiger partial charge in [0, 0.05) is 16.6 Å². The van der Waals surface area contributed by atoms with Crippen LogP contribution < -0.4 is 10.6 Å². The van der Waals surface area contributed by atoms with Gasteiger partial charge in [0.05, 0.1) is 23.1 Å². The summed E-state index contributed by atoms with van der Waals surface area (Å²) in [7, 11) is 0. The van der Waals surface area contributed by atoms with Crippen molar-refractivity contribution < 1.29 is 4.79 Å². The van der Waals surface area contributed by atoms with E-state index >= 15 is 0 Å². The van der Waals surface area contributed by atoms with Gasteiger partial charge in [-0.15, -0.1) is 0 Å². The molecule has 3 aromatic rings.